The molecule has 110 valence electrons. The summed E-state index contributed by atoms with van der Waals surface area (Å²) in [5, 5.41) is 10.4. The zero-order valence-electron chi connectivity index (χ0n) is 11.4. The van der Waals surface area contributed by atoms with Crippen LogP contribution in [0.25, 0.3) is 0 Å². The van der Waals surface area contributed by atoms with Crippen molar-refractivity contribution in [2.45, 2.75) is 12.5 Å². The number of hydrogen-bond acceptors (Lipinski definition) is 5. The van der Waals surface area contributed by atoms with E-state index in [9.17, 15) is 5.11 Å². The van der Waals surface area contributed by atoms with Gasteiger partial charge < -0.3 is 19.3 Å². The molecule has 0 bridgehead atoms. The van der Waals surface area contributed by atoms with Crippen LogP contribution in [-0.4, -0.2) is 24.0 Å². The number of nitrogens with zero attached hydrogens (tertiary/aromatic N) is 1. The van der Waals surface area contributed by atoms with E-state index in [2.05, 4.69) is 20.9 Å². The molecule has 0 saturated heterocycles. The molecule has 21 heavy (non-hydrogen) atoms. The summed E-state index contributed by atoms with van der Waals surface area (Å²) in [6.07, 6.45) is 3.22. The van der Waals surface area contributed by atoms with E-state index in [0.29, 0.717) is 23.7 Å². The molecular weight excluding hydrogens is 338 g/mol. The molecule has 1 unspecified atom stereocenters. The minimum absolute atomic E-state index is 0.167. The van der Waals surface area contributed by atoms with E-state index in [1.54, 1.807) is 31.6 Å². The highest BCUT2D eigenvalue weighted by Gasteiger charge is 2.22. The third-order valence-corrected chi connectivity index (χ3v) is 3.69. The second-order valence-electron chi connectivity index (χ2n) is 4.69. The smallest absolute Gasteiger partial charge is 0.231 e. The lowest BCUT2D eigenvalue weighted by atomic mass is 10.0. The lowest BCUT2D eigenvalue weighted by Gasteiger charge is -2.14. The Hall–Kier alpha value is -1.79. The minimum atomic E-state index is -0.676. The Labute approximate surface area is 130 Å². The van der Waals surface area contributed by atoms with Gasteiger partial charge in [-0.25, -0.2) is 0 Å². The van der Waals surface area contributed by atoms with Crippen LogP contribution in [0.4, 0.5) is 0 Å². The molecule has 2 aromatic rings. The van der Waals surface area contributed by atoms with Crippen molar-refractivity contribution in [1.29, 1.82) is 0 Å². The molecule has 1 aliphatic heterocycles. The quantitative estimate of drug-likeness (QED) is 0.917. The van der Waals surface area contributed by atoms with Crippen LogP contribution < -0.4 is 14.2 Å². The van der Waals surface area contributed by atoms with Crippen molar-refractivity contribution in [3.63, 3.8) is 0 Å². The summed E-state index contributed by atoms with van der Waals surface area (Å²) in [7, 11) is 1.56. The minimum Gasteiger partial charge on any atom is -0.493 e. The number of aromatic nitrogens is 1. The fourth-order valence-corrected chi connectivity index (χ4v) is 2.66. The molecule has 6 heteroatoms. The van der Waals surface area contributed by atoms with E-state index in [0.717, 1.165) is 15.6 Å². The van der Waals surface area contributed by atoms with Crippen molar-refractivity contribution < 1.29 is 19.3 Å². The van der Waals surface area contributed by atoms with Crippen molar-refractivity contribution in [3.05, 3.63) is 46.2 Å². The van der Waals surface area contributed by atoms with Crippen LogP contribution in [0.2, 0.25) is 0 Å². The second kappa shape index (κ2) is 5.91. The van der Waals surface area contributed by atoms with Gasteiger partial charge in [0.2, 0.25) is 12.5 Å². The molecule has 5 nitrogen and oxygen atoms in total. The fraction of sp³-hybridized carbons (Fsp3) is 0.267. The summed E-state index contributed by atoms with van der Waals surface area (Å²) in [4.78, 5) is 4.10. The number of ether oxygens (including phenoxy) is 3. The molecule has 0 spiro atoms. The fourth-order valence-electron chi connectivity index (χ4n) is 2.25. The van der Waals surface area contributed by atoms with Crippen LogP contribution in [0, 0.1) is 0 Å². The summed E-state index contributed by atoms with van der Waals surface area (Å²) in [5.41, 5.74) is 1.66. The first-order valence-corrected chi connectivity index (χ1v) is 7.21. The Bertz CT molecular complexity index is 662. The summed E-state index contributed by atoms with van der Waals surface area (Å²) in [5.74, 6) is 1.74. The topological polar surface area (TPSA) is 60.8 Å². The van der Waals surface area contributed by atoms with Crippen molar-refractivity contribution in [2.24, 2.45) is 0 Å². The molecule has 1 aromatic heterocycles. The predicted molar refractivity (Wildman–Crippen MR) is 79.7 cm³/mol. The van der Waals surface area contributed by atoms with E-state index in [1.807, 2.05) is 6.07 Å². The number of benzene rings is 1. The van der Waals surface area contributed by atoms with Crippen molar-refractivity contribution >= 4 is 15.9 Å². The summed E-state index contributed by atoms with van der Waals surface area (Å²) in [6.45, 7) is 0.167. The number of aliphatic hydroxyl groups excluding tert-OH is 1. The second-order valence-corrected chi connectivity index (χ2v) is 5.60. The van der Waals surface area contributed by atoms with Gasteiger partial charge in [-0.3, -0.25) is 4.98 Å². The van der Waals surface area contributed by atoms with Gasteiger partial charge in [-0.1, -0.05) is 0 Å². The van der Waals surface area contributed by atoms with Crippen LogP contribution in [0.5, 0.6) is 17.2 Å². The van der Waals surface area contributed by atoms with Gasteiger partial charge in [0, 0.05) is 23.3 Å². The highest BCUT2D eigenvalue weighted by molar-refractivity contribution is 9.10. The Morgan fingerprint density at radius 2 is 2.19 bits per heavy atom. The number of methoxy groups -OCH3 is 1. The monoisotopic (exact) mass is 351 g/mol. The molecule has 0 amide bonds. The van der Waals surface area contributed by atoms with E-state index >= 15 is 0 Å². The Morgan fingerprint density at radius 1 is 1.33 bits per heavy atom. The Balaban J connectivity index is 1.86. The zero-order chi connectivity index (χ0) is 14.8. The summed E-state index contributed by atoms with van der Waals surface area (Å²) in [6, 6.07) is 5.48. The lowest BCUT2D eigenvalue weighted by molar-refractivity contribution is 0.170. The maximum Gasteiger partial charge on any atom is 0.231 e. The first-order chi connectivity index (χ1) is 10.2. The van der Waals surface area contributed by atoms with Gasteiger partial charge in [0.15, 0.2) is 11.5 Å². The molecule has 1 atom stereocenters. The molecule has 0 fully saturated rings. The predicted octanol–water partition coefficient (Wildman–Crippen LogP) is 2.86. The first-order valence-electron chi connectivity index (χ1n) is 6.42. The van der Waals surface area contributed by atoms with Gasteiger partial charge in [0.05, 0.1) is 13.2 Å². The maximum atomic E-state index is 10.4. The van der Waals surface area contributed by atoms with Gasteiger partial charge in [0.1, 0.15) is 0 Å². The van der Waals surface area contributed by atoms with Gasteiger partial charge in [-0.15, -0.1) is 0 Å². The Morgan fingerprint density at radius 3 is 2.95 bits per heavy atom. The average molecular weight is 352 g/mol. The number of halogens is 1. The van der Waals surface area contributed by atoms with E-state index in [-0.39, 0.29) is 6.79 Å². The van der Waals surface area contributed by atoms with E-state index in [4.69, 9.17) is 14.2 Å². The average Bonchev–Trinajstić information content (AvgIpc) is 2.94. The molecule has 0 saturated carbocycles. The molecule has 0 aliphatic carbocycles. The number of aliphatic hydroxyl groups is 1. The number of pyridine rings is 1. The number of rotatable bonds is 4. The van der Waals surface area contributed by atoms with Crippen LogP contribution in [0.1, 0.15) is 17.2 Å². The van der Waals surface area contributed by atoms with Crippen molar-refractivity contribution in [1.82, 2.24) is 4.98 Å². The molecule has 3 rings (SSSR count). The third-order valence-electron chi connectivity index (χ3n) is 3.26. The highest BCUT2D eigenvalue weighted by Crippen LogP contribution is 2.43. The first kappa shape index (κ1) is 14.2. The third kappa shape index (κ3) is 2.96. The van der Waals surface area contributed by atoms with Gasteiger partial charge in [-0.2, -0.15) is 0 Å². The standard InChI is InChI=1S/C15H14BrNO4/c1-19-13-4-10(5-14-15(13)21-8-20-14)12(18)3-9-2-11(16)7-17-6-9/h2,4-7,12,18H,3,8H2,1H3. The number of fused-ring (bicyclic) bond motifs is 1. The molecule has 1 aromatic carbocycles. The number of hydrogen-bond donors (Lipinski definition) is 1. The van der Waals surface area contributed by atoms with Crippen LogP contribution in [-0.2, 0) is 6.42 Å². The molecule has 2 heterocycles. The largest absolute Gasteiger partial charge is 0.493 e. The van der Waals surface area contributed by atoms with E-state index < -0.39 is 6.10 Å². The summed E-state index contributed by atoms with van der Waals surface area (Å²) >= 11 is 3.37. The molecule has 1 N–H and O–H groups in total. The summed E-state index contributed by atoms with van der Waals surface area (Å²) < 4.78 is 16.9. The van der Waals surface area contributed by atoms with Gasteiger partial charge in [0.25, 0.3) is 0 Å². The van der Waals surface area contributed by atoms with Gasteiger partial charge >= 0.3 is 0 Å². The zero-order valence-corrected chi connectivity index (χ0v) is 13.0. The van der Waals surface area contributed by atoms with Crippen LogP contribution in [0.15, 0.2) is 35.1 Å². The van der Waals surface area contributed by atoms with Gasteiger partial charge in [-0.05, 0) is 45.3 Å². The van der Waals surface area contributed by atoms with E-state index in [1.165, 1.54) is 0 Å². The SMILES string of the molecule is COc1cc(C(O)Cc2cncc(Br)c2)cc2c1OCO2. The van der Waals surface area contributed by atoms with Crippen molar-refractivity contribution in [2.75, 3.05) is 13.9 Å². The molecule has 0 radical (unpaired) electrons. The van der Waals surface area contributed by atoms with Crippen LogP contribution >= 0.6 is 15.9 Å². The lowest BCUT2D eigenvalue weighted by Crippen LogP contribution is -2.03. The molecular formula is C15H14BrNO4. The van der Waals surface area contributed by atoms with Crippen molar-refractivity contribution in [3.8, 4) is 17.2 Å². The van der Waals surface area contributed by atoms with Crippen LogP contribution in [0.3, 0.4) is 0 Å². The Kier molecular flexibility index (Phi) is 3.98. The molecule has 1 aliphatic rings. The normalized spacial score (nSPS) is 14.0. The maximum absolute atomic E-state index is 10.4. The highest BCUT2D eigenvalue weighted by atomic mass is 79.9.